The third-order valence-electron chi connectivity index (χ3n) is 2.18. The highest BCUT2D eigenvalue weighted by atomic mass is 35.5. The van der Waals surface area contributed by atoms with E-state index in [1.54, 1.807) is 12.1 Å². The molecule has 90 valence electrons. The fraction of sp³-hybridized carbons (Fsp3) is 0. The Bertz CT molecular complexity index is 637. The van der Waals surface area contributed by atoms with Crippen LogP contribution in [0.2, 0.25) is 10.0 Å². The Kier molecular flexibility index (Phi) is 3.71. The molecule has 0 aliphatic carbocycles. The summed E-state index contributed by atoms with van der Waals surface area (Å²) in [7, 11) is 0. The van der Waals surface area contributed by atoms with E-state index in [9.17, 15) is 4.39 Å². The van der Waals surface area contributed by atoms with Crippen LogP contribution >= 0.6 is 23.2 Å². The van der Waals surface area contributed by atoms with Crippen LogP contribution in [0.1, 0.15) is 5.56 Å². The Hall–Kier alpha value is -1.76. The molecule has 0 bridgehead atoms. The summed E-state index contributed by atoms with van der Waals surface area (Å²) >= 11 is 11.4. The summed E-state index contributed by atoms with van der Waals surface area (Å²) in [5, 5.41) is 9.34. The van der Waals surface area contributed by atoms with Gasteiger partial charge in [-0.05, 0) is 30.3 Å². The normalized spacial score (nSPS) is 9.89. The topological polar surface area (TPSA) is 33.0 Å². The Morgan fingerprint density at radius 2 is 1.89 bits per heavy atom. The Labute approximate surface area is 113 Å². The molecule has 2 aromatic rings. The monoisotopic (exact) mass is 281 g/mol. The van der Waals surface area contributed by atoms with Gasteiger partial charge >= 0.3 is 0 Å². The lowest BCUT2D eigenvalue weighted by Gasteiger charge is -2.08. The first-order valence-electron chi connectivity index (χ1n) is 4.92. The van der Waals surface area contributed by atoms with E-state index < -0.39 is 5.82 Å². The lowest BCUT2D eigenvalue weighted by molar-refractivity contribution is 0.479. The minimum Gasteiger partial charge on any atom is -0.456 e. The van der Waals surface area contributed by atoms with Crippen molar-refractivity contribution in [3.63, 3.8) is 0 Å². The smallest absolute Gasteiger partial charge is 0.145 e. The van der Waals surface area contributed by atoms with Crippen molar-refractivity contribution in [2.75, 3.05) is 0 Å². The molecule has 18 heavy (non-hydrogen) atoms. The highest BCUT2D eigenvalue weighted by Crippen LogP contribution is 2.29. The molecule has 2 rings (SSSR count). The zero-order chi connectivity index (χ0) is 13.1. The van der Waals surface area contributed by atoms with Gasteiger partial charge in [0.15, 0.2) is 0 Å². The van der Waals surface area contributed by atoms with Gasteiger partial charge < -0.3 is 4.74 Å². The maximum Gasteiger partial charge on any atom is 0.145 e. The van der Waals surface area contributed by atoms with Gasteiger partial charge in [-0.25, -0.2) is 4.39 Å². The van der Waals surface area contributed by atoms with E-state index >= 15 is 0 Å². The van der Waals surface area contributed by atoms with Crippen molar-refractivity contribution in [2.24, 2.45) is 0 Å². The zero-order valence-corrected chi connectivity index (χ0v) is 10.5. The van der Waals surface area contributed by atoms with Crippen LogP contribution in [0.4, 0.5) is 4.39 Å². The van der Waals surface area contributed by atoms with Crippen molar-refractivity contribution in [3.8, 4) is 17.6 Å². The maximum atomic E-state index is 13.0. The molecule has 0 aliphatic heterocycles. The Morgan fingerprint density at radius 3 is 2.56 bits per heavy atom. The predicted molar refractivity (Wildman–Crippen MR) is 67.7 cm³/mol. The molecule has 2 nitrogen and oxygen atoms in total. The van der Waals surface area contributed by atoms with E-state index in [0.717, 1.165) is 0 Å². The Balaban J connectivity index is 2.34. The van der Waals surface area contributed by atoms with Gasteiger partial charge in [-0.3, -0.25) is 0 Å². The highest BCUT2D eigenvalue weighted by Gasteiger charge is 2.07. The number of halogens is 3. The van der Waals surface area contributed by atoms with Crippen LogP contribution in [0.5, 0.6) is 11.5 Å². The molecule has 0 aromatic heterocycles. The zero-order valence-electron chi connectivity index (χ0n) is 8.95. The van der Waals surface area contributed by atoms with Gasteiger partial charge in [0.2, 0.25) is 0 Å². The van der Waals surface area contributed by atoms with Gasteiger partial charge in [0.1, 0.15) is 23.4 Å². The van der Waals surface area contributed by atoms with Crippen molar-refractivity contribution < 1.29 is 9.13 Å². The summed E-state index contributed by atoms with van der Waals surface area (Å²) in [6, 6.07) is 10.6. The molecule has 0 heterocycles. The standard InChI is InChI=1S/C13H6Cl2FNO/c14-9-1-4-13(8(5-9)7-17)18-10-2-3-12(16)11(15)6-10/h1-6H. The summed E-state index contributed by atoms with van der Waals surface area (Å²) in [4.78, 5) is 0. The average molecular weight is 282 g/mol. The van der Waals surface area contributed by atoms with Crippen molar-refractivity contribution in [1.82, 2.24) is 0 Å². The van der Waals surface area contributed by atoms with E-state index in [-0.39, 0.29) is 5.02 Å². The molecule has 0 amide bonds. The number of ether oxygens (including phenoxy) is 1. The van der Waals surface area contributed by atoms with Crippen LogP contribution < -0.4 is 4.74 Å². The summed E-state index contributed by atoms with van der Waals surface area (Å²) in [5.74, 6) is 0.158. The van der Waals surface area contributed by atoms with Crippen molar-refractivity contribution in [3.05, 3.63) is 57.8 Å². The molecule has 0 atom stereocenters. The van der Waals surface area contributed by atoms with Crippen molar-refractivity contribution in [2.45, 2.75) is 0 Å². The molecule has 0 spiro atoms. The van der Waals surface area contributed by atoms with E-state index in [4.69, 9.17) is 33.2 Å². The minimum atomic E-state index is -0.527. The molecule has 0 unspecified atom stereocenters. The third kappa shape index (κ3) is 2.73. The summed E-state index contributed by atoms with van der Waals surface area (Å²) < 4.78 is 18.4. The number of rotatable bonds is 2. The van der Waals surface area contributed by atoms with Crippen LogP contribution in [-0.2, 0) is 0 Å². The second-order valence-corrected chi connectivity index (χ2v) is 4.27. The average Bonchev–Trinajstić information content (AvgIpc) is 2.36. The van der Waals surface area contributed by atoms with Crippen molar-refractivity contribution >= 4 is 23.2 Å². The first-order chi connectivity index (χ1) is 8.60. The van der Waals surface area contributed by atoms with E-state index in [1.165, 1.54) is 24.3 Å². The van der Waals surface area contributed by atoms with Gasteiger partial charge in [-0.15, -0.1) is 0 Å². The number of nitrogens with zero attached hydrogens (tertiary/aromatic N) is 1. The fourth-order valence-electron chi connectivity index (χ4n) is 1.35. The van der Waals surface area contributed by atoms with E-state index in [2.05, 4.69) is 0 Å². The van der Waals surface area contributed by atoms with Crippen LogP contribution in [0.15, 0.2) is 36.4 Å². The molecule has 5 heteroatoms. The molecular formula is C13H6Cl2FNO. The second kappa shape index (κ2) is 5.26. The van der Waals surface area contributed by atoms with E-state index in [1.807, 2.05) is 6.07 Å². The van der Waals surface area contributed by atoms with Gasteiger partial charge in [0.25, 0.3) is 0 Å². The molecule has 0 radical (unpaired) electrons. The lowest BCUT2D eigenvalue weighted by atomic mass is 10.2. The van der Waals surface area contributed by atoms with Gasteiger partial charge in [-0.1, -0.05) is 23.2 Å². The van der Waals surface area contributed by atoms with E-state index in [0.29, 0.717) is 22.1 Å². The number of nitriles is 1. The minimum absolute atomic E-state index is 0.0417. The number of hydrogen-bond acceptors (Lipinski definition) is 2. The van der Waals surface area contributed by atoms with Crippen LogP contribution in [0.25, 0.3) is 0 Å². The van der Waals surface area contributed by atoms with Gasteiger partial charge in [0, 0.05) is 11.1 Å². The number of hydrogen-bond donors (Lipinski definition) is 0. The Morgan fingerprint density at radius 1 is 1.11 bits per heavy atom. The SMILES string of the molecule is N#Cc1cc(Cl)ccc1Oc1ccc(F)c(Cl)c1. The number of benzene rings is 2. The van der Waals surface area contributed by atoms with Gasteiger partial charge in [-0.2, -0.15) is 5.26 Å². The summed E-state index contributed by atoms with van der Waals surface area (Å²) in [6.07, 6.45) is 0. The van der Waals surface area contributed by atoms with Gasteiger partial charge in [0.05, 0.1) is 10.6 Å². The molecule has 0 fully saturated rings. The molecule has 2 aromatic carbocycles. The maximum absolute atomic E-state index is 13.0. The molecule has 0 saturated heterocycles. The molecule has 0 saturated carbocycles. The second-order valence-electron chi connectivity index (χ2n) is 3.43. The van der Waals surface area contributed by atoms with Crippen LogP contribution in [0, 0.1) is 17.1 Å². The largest absolute Gasteiger partial charge is 0.456 e. The molecule has 0 N–H and O–H groups in total. The first kappa shape index (κ1) is 12.7. The summed E-state index contributed by atoms with van der Waals surface area (Å²) in [6.45, 7) is 0. The molecule has 0 aliphatic rings. The third-order valence-corrected chi connectivity index (χ3v) is 2.71. The molecular weight excluding hydrogens is 276 g/mol. The quantitative estimate of drug-likeness (QED) is 0.792. The predicted octanol–water partition coefficient (Wildman–Crippen LogP) is 4.80. The van der Waals surface area contributed by atoms with Crippen molar-refractivity contribution in [1.29, 1.82) is 5.26 Å². The lowest BCUT2D eigenvalue weighted by Crippen LogP contribution is -1.89. The summed E-state index contributed by atoms with van der Waals surface area (Å²) in [5.41, 5.74) is 0.294. The van der Waals surface area contributed by atoms with Crippen LogP contribution in [0.3, 0.4) is 0 Å². The highest BCUT2D eigenvalue weighted by molar-refractivity contribution is 6.31. The fourth-order valence-corrected chi connectivity index (χ4v) is 1.69. The van der Waals surface area contributed by atoms with Crippen LogP contribution in [-0.4, -0.2) is 0 Å². The first-order valence-corrected chi connectivity index (χ1v) is 5.68.